The average molecular weight is 316 g/mol. The smallest absolute Gasteiger partial charge is 0.0727 e. The molecule has 96 valence electrons. The second-order valence-corrected chi connectivity index (χ2v) is 5.57. The number of fused-ring (bicyclic) bond motifs is 1. The average Bonchev–Trinajstić information content (AvgIpc) is 2.63. The van der Waals surface area contributed by atoms with Crippen LogP contribution in [-0.4, -0.2) is 9.55 Å². The minimum Gasteiger partial charge on any atom is -0.397 e. The Morgan fingerprint density at radius 3 is 2.68 bits per heavy atom. The summed E-state index contributed by atoms with van der Waals surface area (Å²) in [4.78, 5) is 4.45. The summed E-state index contributed by atoms with van der Waals surface area (Å²) in [6.45, 7) is 2.11. The highest BCUT2D eigenvalue weighted by atomic mass is 79.9. The zero-order chi connectivity index (χ0) is 13.6. The van der Waals surface area contributed by atoms with E-state index in [2.05, 4.69) is 57.7 Å². The Kier molecular flexibility index (Phi) is 2.82. The summed E-state index contributed by atoms with van der Waals surface area (Å²) in [5, 5.41) is 1.20. The molecule has 0 aliphatic heterocycles. The largest absolute Gasteiger partial charge is 0.397 e. The first-order chi connectivity index (χ1) is 9.08. The first-order valence-corrected chi connectivity index (χ1v) is 6.83. The van der Waals surface area contributed by atoms with Gasteiger partial charge < -0.3 is 10.3 Å². The molecule has 0 radical (unpaired) electrons. The summed E-state index contributed by atoms with van der Waals surface area (Å²) in [6.07, 6.45) is 1.70. The molecule has 0 bridgehead atoms. The van der Waals surface area contributed by atoms with E-state index in [1.54, 1.807) is 6.20 Å². The van der Waals surface area contributed by atoms with Gasteiger partial charge in [-0.2, -0.15) is 0 Å². The second-order valence-electron chi connectivity index (χ2n) is 4.66. The Hall–Kier alpha value is -1.81. The SMILES string of the molecule is Cc1c(-c2ccc(N)cn2)c2cc(Br)ccc2n1C. The predicted molar refractivity (Wildman–Crippen MR) is 83.0 cm³/mol. The molecule has 4 heteroatoms. The quantitative estimate of drug-likeness (QED) is 0.740. The van der Waals surface area contributed by atoms with E-state index in [1.165, 1.54) is 22.2 Å². The molecule has 0 unspecified atom stereocenters. The minimum absolute atomic E-state index is 0.683. The molecule has 0 saturated heterocycles. The van der Waals surface area contributed by atoms with Crippen LogP contribution in [0.2, 0.25) is 0 Å². The number of hydrogen-bond donors (Lipinski definition) is 1. The maximum Gasteiger partial charge on any atom is 0.0727 e. The number of aromatic nitrogens is 2. The number of benzene rings is 1. The lowest BCUT2D eigenvalue weighted by molar-refractivity contribution is 0.918. The van der Waals surface area contributed by atoms with Gasteiger partial charge in [-0.15, -0.1) is 0 Å². The van der Waals surface area contributed by atoms with E-state index < -0.39 is 0 Å². The normalized spacial score (nSPS) is 11.1. The van der Waals surface area contributed by atoms with Crippen LogP contribution in [0.15, 0.2) is 41.0 Å². The van der Waals surface area contributed by atoms with E-state index in [9.17, 15) is 0 Å². The molecule has 0 fully saturated rings. The lowest BCUT2D eigenvalue weighted by Gasteiger charge is -2.02. The molecule has 1 aromatic carbocycles. The monoisotopic (exact) mass is 315 g/mol. The molecule has 2 aromatic heterocycles. The van der Waals surface area contributed by atoms with Gasteiger partial charge in [0.25, 0.3) is 0 Å². The van der Waals surface area contributed by atoms with Crippen molar-refractivity contribution >= 4 is 32.5 Å². The highest BCUT2D eigenvalue weighted by molar-refractivity contribution is 9.10. The molecule has 0 saturated carbocycles. The molecule has 3 rings (SSSR count). The van der Waals surface area contributed by atoms with Crippen LogP contribution >= 0.6 is 15.9 Å². The Morgan fingerprint density at radius 2 is 2.00 bits per heavy atom. The van der Waals surface area contributed by atoms with Gasteiger partial charge in [-0.05, 0) is 37.3 Å². The standard InChI is InChI=1S/C15H14BrN3/c1-9-15(13-5-4-11(17)8-18-13)12-7-10(16)3-6-14(12)19(9)2/h3-8H,17H2,1-2H3. The Morgan fingerprint density at radius 1 is 1.21 bits per heavy atom. The van der Waals surface area contributed by atoms with E-state index in [0.29, 0.717) is 5.69 Å². The number of nitrogens with zero attached hydrogens (tertiary/aromatic N) is 2. The second kappa shape index (κ2) is 4.38. The maximum absolute atomic E-state index is 5.71. The van der Waals surface area contributed by atoms with Gasteiger partial charge in [-0.25, -0.2) is 0 Å². The lowest BCUT2D eigenvalue weighted by Crippen LogP contribution is -1.92. The van der Waals surface area contributed by atoms with Gasteiger partial charge in [-0.1, -0.05) is 15.9 Å². The third-order valence-electron chi connectivity index (χ3n) is 3.50. The molecule has 0 aliphatic carbocycles. The fourth-order valence-corrected chi connectivity index (χ4v) is 2.78. The maximum atomic E-state index is 5.71. The number of aryl methyl sites for hydroxylation is 1. The molecule has 3 nitrogen and oxygen atoms in total. The van der Waals surface area contributed by atoms with Gasteiger partial charge in [0.15, 0.2) is 0 Å². The number of nitrogens with two attached hydrogens (primary N) is 1. The lowest BCUT2D eigenvalue weighted by atomic mass is 10.1. The summed E-state index contributed by atoms with van der Waals surface area (Å²) in [6, 6.07) is 10.2. The van der Waals surface area contributed by atoms with Crippen molar-refractivity contribution in [3.05, 3.63) is 46.7 Å². The van der Waals surface area contributed by atoms with Crippen LogP contribution in [0.1, 0.15) is 5.69 Å². The number of nitrogen functional groups attached to an aromatic ring is 1. The topological polar surface area (TPSA) is 43.8 Å². The fourth-order valence-electron chi connectivity index (χ4n) is 2.42. The van der Waals surface area contributed by atoms with Gasteiger partial charge in [0.2, 0.25) is 0 Å². The molecular weight excluding hydrogens is 302 g/mol. The molecule has 19 heavy (non-hydrogen) atoms. The van der Waals surface area contributed by atoms with Gasteiger partial charge in [0.05, 0.1) is 17.6 Å². The highest BCUT2D eigenvalue weighted by Crippen LogP contribution is 2.34. The summed E-state index contributed by atoms with van der Waals surface area (Å²) in [5.74, 6) is 0. The van der Waals surface area contributed by atoms with Crippen molar-refractivity contribution < 1.29 is 0 Å². The Balaban J connectivity index is 2.36. The van der Waals surface area contributed by atoms with Crippen LogP contribution in [0.5, 0.6) is 0 Å². The highest BCUT2D eigenvalue weighted by Gasteiger charge is 2.14. The van der Waals surface area contributed by atoms with Crippen molar-refractivity contribution in [3.8, 4) is 11.3 Å². The molecule has 2 heterocycles. The Bertz CT molecular complexity index is 757. The third-order valence-corrected chi connectivity index (χ3v) is 3.99. The molecule has 3 aromatic rings. The predicted octanol–water partition coefficient (Wildman–Crippen LogP) is 3.89. The van der Waals surface area contributed by atoms with Crippen LogP contribution in [-0.2, 0) is 7.05 Å². The summed E-state index contributed by atoms with van der Waals surface area (Å²) in [7, 11) is 2.08. The zero-order valence-electron chi connectivity index (χ0n) is 10.8. The van der Waals surface area contributed by atoms with Gasteiger partial charge >= 0.3 is 0 Å². The van der Waals surface area contributed by atoms with E-state index in [-0.39, 0.29) is 0 Å². The molecule has 0 atom stereocenters. The van der Waals surface area contributed by atoms with Crippen molar-refractivity contribution in [1.82, 2.24) is 9.55 Å². The van der Waals surface area contributed by atoms with E-state index >= 15 is 0 Å². The first kappa shape index (κ1) is 12.2. The molecule has 2 N–H and O–H groups in total. The van der Waals surface area contributed by atoms with Crippen molar-refractivity contribution in [2.75, 3.05) is 5.73 Å². The minimum atomic E-state index is 0.683. The van der Waals surface area contributed by atoms with Crippen molar-refractivity contribution in [2.24, 2.45) is 7.05 Å². The third kappa shape index (κ3) is 1.92. The number of halogens is 1. The van der Waals surface area contributed by atoms with Crippen LogP contribution in [0.4, 0.5) is 5.69 Å². The zero-order valence-corrected chi connectivity index (χ0v) is 12.4. The van der Waals surface area contributed by atoms with Crippen molar-refractivity contribution in [2.45, 2.75) is 6.92 Å². The summed E-state index contributed by atoms with van der Waals surface area (Å²) < 4.78 is 3.26. The van der Waals surface area contributed by atoms with Gasteiger partial charge in [0, 0.05) is 33.7 Å². The summed E-state index contributed by atoms with van der Waals surface area (Å²) >= 11 is 3.53. The summed E-state index contributed by atoms with van der Waals surface area (Å²) in [5.41, 5.74) is 10.9. The Labute approximate surface area is 120 Å². The first-order valence-electron chi connectivity index (χ1n) is 6.04. The number of anilines is 1. The number of pyridine rings is 1. The molecular formula is C15H14BrN3. The molecule has 0 spiro atoms. The number of hydrogen-bond acceptors (Lipinski definition) is 2. The van der Waals surface area contributed by atoms with Crippen molar-refractivity contribution in [3.63, 3.8) is 0 Å². The van der Waals surface area contributed by atoms with Gasteiger partial charge in [-0.3, -0.25) is 4.98 Å². The van der Waals surface area contributed by atoms with Gasteiger partial charge in [0.1, 0.15) is 0 Å². The van der Waals surface area contributed by atoms with Crippen LogP contribution in [0.25, 0.3) is 22.2 Å². The molecule has 0 amide bonds. The fraction of sp³-hybridized carbons (Fsp3) is 0.133. The van der Waals surface area contributed by atoms with Crippen LogP contribution in [0.3, 0.4) is 0 Å². The van der Waals surface area contributed by atoms with E-state index in [0.717, 1.165) is 10.2 Å². The van der Waals surface area contributed by atoms with E-state index in [4.69, 9.17) is 5.73 Å². The molecule has 0 aliphatic rings. The van der Waals surface area contributed by atoms with E-state index in [1.807, 2.05) is 12.1 Å². The van der Waals surface area contributed by atoms with Crippen LogP contribution in [0, 0.1) is 6.92 Å². The van der Waals surface area contributed by atoms with Crippen molar-refractivity contribution in [1.29, 1.82) is 0 Å². The number of rotatable bonds is 1. The van der Waals surface area contributed by atoms with Crippen LogP contribution < -0.4 is 5.73 Å².